The molecule has 1 aliphatic heterocycles. The van der Waals surface area contributed by atoms with Crippen molar-refractivity contribution in [3.05, 3.63) is 68.9 Å². The molecule has 27 heavy (non-hydrogen) atoms. The van der Waals surface area contributed by atoms with E-state index in [0.717, 1.165) is 50.8 Å². The predicted octanol–water partition coefficient (Wildman–Crippen LogP) is 3.95. The van der Waals surface area contributed by atoms with Gasteiger partial charge in [-0.3, -0.25) is 14.9 Å². The van der Waals surface area contributed by atoms with Crippen LogP contribution in [0.15, 0.2) is 47.2 Å². The van der Waals surface area contributed by atoms with Crippen LogP contribution >= 0.6 is 23.6 Å². The number of nitrogens with zero attached hydrogens (tertiary/aromatic N) is 4. The first kappa shape index (κ1) is 18.3. The smallest absolute Gasteiger partial charge is 0.217 e. The lowest BCUT2D eigenvalue weighted by molar-refractivity contribution is 0.0982. The van der Waals surface area contributed by atoms with Crippen molar-refractivity contribution in [3.8, 4) is 0 Å². The summed E-state index contributed by atoms with van der Waals surface area (Å²) in [6.07, 6.45) is 4.02. The Morgan fingerprint density at radius 3 is 2.56 bits per heavy atom. The average Bonchev–Trinajstić information content (AvgIpc) is 3.32. The number of nitrogens with one attached hydrogen (secondary N) is 1. The van der Waals surface area contributed by atoms with E-state index in [2.05, 4.69) is 48.8 Å². The summed E-state index contributed by atoms with van der Waals surface area (Å²) in [5, 5.41) is 7.69. The molecule has 3 heterocycles. The van der Waals surface area contributed by atoms with E-state index in [1.54, 1.807) is 11.3 Å². The number of aromatic nitrogens is 3. The summed E-state index contributed by atoms with van der Waals surface area (Å²) >= 11 is 7.19. The SMILES string of the molecule is S=c1nc(/C=C/c2ccccc2)[nH]n1CN1CCN(Cc2ccsc2)CC1. The number of rotatable bonds is 6. The minimum atomic E-state index is 0.600. The fraction of sp³-hybridized carbons (Fsp3) is 0.300. The summed E-state index contributed by atoms with van der Waals surface area (Å²) < 4.78 is 2.55. The Bertz CT molecular complexity index is 919. The molecule has 0 atom stereocenters. The molecule has 0 unspecified atom stereocenters. The van der Waals surface area contributed by atoms with Crippen LogP contribution in [0.3, 0.4) is 0 Å². The zero-order valence-corrected chi connectivity index (χ0v) is 16.8. The maximum absolute atomic E-state index is 5.42. The van der Waals surface area contributed by atoms with Crippen LogP contribution in [0.25, 0.3) is 12.2 Å². The molecule has 3 aromatic rings. The molecule has 1 aromatic carbocycles. The second kappa shape index (κ2) is 8.75. The monoisotopic (exact) mass is 397 g/mol. The van der Waals surface area contributed by atoms with Crippen LogP contribution in [0.5, 0.6) is 0 Å². The van der Waals surface area contributed by atoms with Gasteiger partial charge in [0.1, 0.15) is 5.82 Å². The second-order valence-electron chi connectivity index (χ2n) is 6.73. The number of H-pyrrole nitrogens is 1. The molecule has 1 aliphatic rings. The van der Waals surface area contributed by atoms with Gasteiger partial charge < -0.3 is 0 Å². The highest BCUT2D eigenvalue weighted by Gasteiger charge is 2.17. The Labute approximate surface area is 168 Å². The van der Waals surface area contributed by atoms with Crippen molar-refractivity contribution in [1.29, 1.82) is 0 Å². The molecular weight excluding hydrogens is 374 g/mol. The summed E-state index contributed by atoms with van der Waals surface area (Å²) in [7, 11) is 0. The van der Waals surface area contributed by atoms with Crippen LogP contribution in [0.2, 0.25) is 0 Å². The number of thiophene rings is 1. The fourth-order valence-electron chi connectivity index (χ4n) is 3.21. The van der Waals surface area contributed by atoms with Gasteiger partial charge in [-0.1, -0.05) is 36.4 Å². The lowest BCUT2D eigenvalue weighted by atomic mass is 10.2. The molecular formula is C20H23N5S2. The number of hydrogen-bond acceptors (Lipinski definition) is 5. The normalized spacial score (nSPS) is 16.3. The van der Waals surface area contributed by atoms with Crippen molar-refractivity contribution in [2.45, 2.75) is 13.2 Å². The molecule has 4 rings (SSSR count). The topological polar surface area (TPSA) is 40.1 Å². The summed E-state index contributed by atoms with van der Waals surface area (Å²) in [5.74, 6) is 0.792. The van der Waals surface area contributed by atoms with E-state index in [1.165, 1.54) is 5.56 Å². The maximum atomic E-state index is 5.42. The molecule has 0 radical (unpaired) electrons. The van der Waals surface area contributed by atoms with Gasteiger partial charge in [0.15, 0.2) is 0 Å². The molecule has 0 spiro atoms. The first-order valence-electron chi connectivity index (χ1n) is 9.12. The number of aromatic amines is 1. The third kappa shape index (κ3) is 5.01. The molecule has 1 fully saturated rings. The van der Waals surface area contributed by atoms with E-state index in [9.17, 15) is 0 Å². The third-order valence-electron chi connectivity index (χ3n) is 4.72. The van der Waals surface area contributed by atoms with Gasteiger partial charge in [0, 0.05) is 32.7 Å². The zero-order valence-electron chi connectivity index (χ0n) is 15.1. The number of benzene rings is 1. The van der Waals surface area contributed by atoms with Crippen LogP contribution in [0.1, 0.15) is 17.0 Å². The zero-order chi connectivity index (χ0) is 18.5. The summed E-state index contributed by atoms with van der Waals surface area (Å²) in [6, 6.07) is 12.4. The minimum Gasteiger partial charge on any atom is -0.297 e. The summed E-state index contributed by atoms with van der Waals surface area (Å²) in [4.78, 5) is 9.39. The number of piperazine rings is 1. The third-order valence-corrected chi connectivity index (χ3v) is 5.77. The van der Waals surface area contributed by atoms with Crippen molar-refractivity contribution in [3.63, 3.8) is 0 Å². The Kier molecular flexibility index (Phi) is 5.94. The van der Waals surface area contributed by atoms with E-state index < -0.39 is 0 Å². The van der Waals surface area contributed by atoms with Crippen LogP contribution in [-0.4, -0.2) is 50.7 Å². The molecule has 0 bridgehead atoms. The van der Waals surface area contributed by atoms with E-state index in [0.29, 0.717) is 4.77 Å². The van der Waals surface area contributed by atoms with Gasteiger partial charge in [-0.15, -0.1) is 0 Å². The molecule has 1 saturated heterocycles. The van der Waals surface area contributed by atoms with E-state index in [4.69, 9.17) is 12.2 Å². The highest BCUT2D eigenvalue weighted by atomic mass is 32.1. The first-order chi connectivity index (χ1) is 13.3. The highest BCUT2D eigenvalue weighted by Crippen LogP contribution is 2.12. The minimum absolute atomic E-state index is 0.600. The van der Waals surface area contributed by atoms with E-state index in [1.807, 2.05) is 35.0 Å². The van der Waals surface area contributed by atoms with Crippen LogP contribution < -0.4 is 0 Å². The van der Waals surface area contributed by atoms with Gasteiger partial charge >= 0.3 is 0 Å². The first-order valence-corrected chi connectivity index (χ1v) is 10.5. The van der Waals surface area contributed by atoms with E-state index >= 15 is 0 Å². The lowest BCUT2D eigenvalue weighted by Gasteiger charge is -2.34. The predicted molar refractivity (Wildman–Crippen MR) is 114 cm³/mol. The molecule has 2 aromatic heterocycles. The van der Waals surface area contributed by atoms with Crippen molar-refractivity contribution in [2.24, 2.45) is 0 Å². The largest absolute Gasteiger partial charge is 0.297 e. The Morgan fingerprint density at radius 2 is 1.81 bits per heavy atom. The molecule has 140 valence electrons. The standard InChI is InChI=1S/C20H23N5S2/c26-20-21-19(7-6-17-4-2-1-3-5-17)22-25(20)16-24-11-9-23(10-12-24)14-18-8-13-27-15-18/h1-8,13,15H,9-12,14,16H2,(H,21,22,26)/b7-6+. The van der Waals surface area contributed by atoms with Gasteiger partial charge in [-0.2, -0.15) is 16.3 Å². The molecule has 0 saturated carbocycles. The van der Waals surface area contributed by atoms with Crippen LogP contribution in [0, 0.1) is 4.77 Å². The summed E-state index contributed by atoms with van der Waals surface area (Å²) in [6.45, 7) is 6.06. The van der Waals surface area contributed by atoms with Gasteiger partial charge in [0.25, 0.3) is 0 Å². The molecule has 5 nitrogen and oxygen atoms in total. The molecule has 7 heteroatoms. The highest BCUT2D eigenvalue weighted by molar-refractivity contribution is 7.71. The van der Waals surface area contributed by atoms with Gasteiger partial charge in [-0.05, 0) is 46.2 Å². The Hall–Kier alpha value is -2.06. The van der Waals surface area contributed by atoms with Gasteiger partial charge in [-0.25, -0.2) is 4.68 Å². The fourth-order valence-corrected chi connectivity index (χ4v) is 4.08. The Balaban J connectivity index is 1.32. The van der Waals surface area contributed by atoms with Gasteiger partial charge in [0.2, 0.25) is 4.77 Å². The van der Waals surface area contributed by atoms with Crippen LogP contribution in [0.4, 0.5) is 0 Å². The number of hydrogen-bond donors (Lipinski definition) is 1. The second-order valence-corrected chi connectivity index (χ2v) is 7.88. The van der Waals surface area contributed by atoms with Crippen molar-refractivity contribution in [2.75, 3.05) is 26.2 Å². The molecule has 0 amide bonds. The molecule has 1 N–H and O–H groups in total. The summed E-state index contributed by atoms with van der Waals surface area (Å²) in [5.41, 5.74) is 2.56. The van der Waals surface area contributed by atoms with Crippen molar-refractivity contribution in [1.82, 2.24) is 24.6 Å². The molecule has 0 aliphatic carbocycles. The Morgan fingerprint density at radius 1 is 1.04 bits per heavy atom. The average molecular weight is 398 g/mol. The van der Waals surface area contributed by atoms with Gasteiger partial charge in [0.05, 0.1) is 6.67 Å². The van der Waals surface area contributed by atoms with Crippen molar-refractivity contribution < 1.29 is 0 Å². The van der Waals surface area contributed by atoms with E-state index in [-0.39, 0.29) is 0 Å². The maximum Gasteiger partial charge on any atom is 0.217 e. The van der Waals surface area contributed by atoms with Crippen LogP contribution in [-0.2, 0) is 13.2 Å². The lowest BCUT2D eigenvalue weighted by Crippen LogP contribution is -2.46. The quantitative estimate of drug-likeness (QED) is 0.640. The van der Waals surface area contributed by atoms with Crippen molar-refractivity contribution >= 4 is 35.7 Å².